The number of carbonyl (C=O) groups is 1. The van der Waals surface area contributed by atoms with Crippen molar-refractivity contribution in [2.45, 2.75) is 46.0 Å². The zero-order valence-electron chi connectivity index (χ0n) is 13.1. The third-order valence-electron chi connectivity index (χ3n) is 4.11. The largest absolute Gasteiger partial charge is 0.361 e. The van der Waals surface area contributed by atoms with E-state index in [-0.39, 0.29) is 11.8 Å². The van der Waals surface area contributed by atoms with Crippen molar-refractivity contribution in [3.8, 4) is 0 Å². The van der Waals surface area contributed by atoms with Gasteiger partial charge >= 0.3 is 0 Å². The lowest BCUT2D eigenvalue weighted by Gasteiger charge is -2.31. The Morgan fingerprint density at radius 3 is 2.77 bits per heavy atom. The summed E-state index contributed by atoms with van der Waals surface area (Å²) < 4.78 is 10.3. The van der Waals surface area contributed by atoms with Gasteiger partial charge in [0.2, 0.25) is 5.89 Å². The van der Waals surface area contributed by atoms with Gasteiger partial charge < -0.3 is 13.9 Å². The van der Waals surface area contributed by atoms with Gasteiger partial charge in [0.05, 0.1) is 5.69 Å². The van der Waals surface area contributed by atoms with Crippen molar-refractivity contribution < 1.29 is 13.8 Å². The Kier molecular flexibility index (Phi) is 3.96. The molecule has 3 rings (SSSR count). The molecule has 0 N–H and O–H groups in total. The molecule has 0 aliphatic carbocycles. The van der Waals surface area contributed by atoms with E-state index in [9.17, 15) is 4.79 Å². The fourth-order valence-electron chi connectivity index (χ4n) is 2.90. The maximum absolute atomic E-state index is 12.7. The van der Waals surface area contributed by atoms with Gasteiger partial charge in [0.15, 0.2) is 5.82 Å². The molecule has 118 valence electrons. The Bertz CT molecular complexity index is 657. The number of rotatable bonds is 3. The Morgan fingerprint density at radius 1 is 1.32 bits per heavy atom. The van der Waals surface area contributed by atoms with Crippen LogP contribution in [0.5, 0.6) is 0 Å². The van der Waals surface area contributed by atoms with E-state index in [1.165, 1.54) is 0 Å². The molecular weight excluding hydrogens is 284 g/mol. The molecule has 7 nitrogen and oxygen atoms in total. The molecule has 1 aliphatic heterocycles. The average Bonchev–Trinajstić information content (AvgIpc) is 3.14. The minimum Gasteiger partial charge on any atom is -0.361 e. The molecule has 0 spiro atoms. The summed E-state index contributed by atoms with van der Waals surface area (Å²) in [4.78, 5) is 18.9. The first kappa shape index (κ1) is 14.7. The Morgan fingerprint density at radius 2 is 2.14 bits per heavy atom. The molecule has 1 aliphatic rings. The zero-order chi connectivity index (χ0) is 15.7. The van der Waals surface area contributed by atoms with Crippen LogP contribution in [0.4, 0.5) is 0 Å². The fourth-order valence-corrected chi connectivity index (χ4v) is 2.90. The highest BCUT2D eigenvalue weighted by atomic mass is 16.5. The van der Waals surface area contributed by atoms with Crippen molar-refractivity contribution in [3.05, 3.63) is 28.7 Å². The van der Waals surface area contributed by atoms with E-state index in [2.05, 4.69) is 15.3 Å². The van der Waals surface area contributed by atoms with E-state index >= 15 is 0 Å². The van der Waals surface area contributed by atoms with E-state index in [1.807, 2.05) is 11.8 Å². The van der Waals surface area contributed by atoms with Crippen LogP contribution < -0.4 is 0 Å². The number of likely N-dealkylation sites (tertiary alicyclic amines) is 1. The predicted octanol–water partition coefficient (Wildman–Crippen LogP) is 2.26. The number of carbonyl (C=O) groups excluding carboxylic acids is 1. The van der Waals surface area contributed by atoms with E-state index in [0.717, 1.165) is 25.8 Å². The Hall–Kier alpha value is -2.18. The van der Waals surface area contributed by atoms with Gasteiger partial charge in [-0.1, -0.05) is 17.2 Å². The van der Waals surface area contributed by atoms with Crippen LogP contribution in [-0.2, 0) is 6.42 Å². The van der Waals surface area contributed by atoms with Crippen LogP contribution in [0.25, 0.3) is 0 Å². The second-order valence-electron chi connectivity index (χ2n) is 5.69. The lowest BCUT2D eigenvalue weighted by atomic mass is 9.96. The summed E-state index contributed by atoms with van der Waals surface area (Å²) in [5.74, 6) is 2.01. The van der Waals surface area contributed by atoms with Gasteiger partial charge in [-0.25, -0.2) is 0 Å². The molecule has 3 heterocycles. The van der Waals surface area contributed by atoms with Crippen molar-refractivity contribution in [2.75, 3.05) is 13.1 Å². The minimum absolute atomic E-state index is 0.0276. The SMILES string of the molecule is CCc1nc([C@H]2CCCN(C(=O)c3c(C)noc3C)C2)no1. The third kappa shape index (κ3) is 2.63. The molecule has 0 unspecified atom stereocenters. The van der Waals surface area contributed by atoms with E-state index in [1.54, 1.807) is 13.8 Å². The standard InChI is InChI=1S/C15H20N4O3/c1-4-12-16-14(18-22-12)11-6-5-7-19(8-11)15(20)13-9(2)17-21-10(13)3/h11H,4-8H2,1-3H3/t11-/m0/s1. The van der Waals surface area contributed by atoms with Crippen molar-refractivity contribution in [1.29, 1.82) is 0 Å². The van der Waals surface area contributed by atoms with E-state index in [0.29, 0.717) is 35.3 Å². The van der Waals surface area contributed by atoms with Gasteiger partial charge in [-0.2, -0.15) is 4.98 Å². The van der Waals surface area contributed by atoms with Crippen LogP contribution in [-0.4, -0.2) is 39.2 Å². The first-order valence-electron chi connectivity index (χ1n) is 7.64. The number of aryl methyl sites for hydroxylation is 3. The van der Waals surface area contributed by atoms with Gasteiger partial charge in [0, 0.05) is 25.4 Å². The summed E-state index contributed by atoms with van der Waals surface area (Å²) in [6.07, 6.45) is 2.62. The van der Waals surface area contributed by atoms with Crippen LogP contribution in [0.2, 0.25) is 0 Å². The molecule has 2 aromatic rings. The van der Waals surface area contributed by atoms with Crippen LogP contribution in [0.1, 0.15) is 59.2 Å². The quantitative estimate of drug-likeness (QED) is 0.864. The van der Waals surface area contributed by atoms with Crippen LogP contribution in [0.3, 0.4) is 0 Å². The number of aromatic nitrogens is 3. The Balaban J connectivity index is 1.77. The highest BCUT2D eigenvalue weighted by Gasteiger charge is 2.30. The van der Waals surface area contributed by atoms with Gasteiger partial charge in [0.1, 0.15) is 11.3 Å². The number of piperidine rings is 1. The lowest BCUT2D eigenvalue weighted by Crippen LogP contribution is -2.39. The highest BCUT2D eigenvalue weighted by Crippen LogP contribution is 2.27. The molecule has 1 amide bonds. The molecule has 1 fully saturated rings. The maximum Gasteiger partial charge on any atom is 0.259 e. The lowest BCUT2D eigenvalue weighted by molar-refractivity contribution is 0.0701. The zero-order valence-corrected chi connectivity index (χ0v) is 13.1. The normalized spacial score (nSPS) is 18.7. The molecular formula is C15H20N4O3. The van der Waals surface area contributed by atoms with Crippen molar-refractivity contribution in [3.63, 3.8) is 0 Å². The second kappa shape index (κ2) is 5.90. The molecule has 1 saturated heterocycles. The van der Waals surface area contributed by atoms with Crippen molar-refractivity contribution in [2.24, 2.45) is 0 Å². The summed E-state index contributed by atoms with van der Waals surface area (Å²) in [5.41, 5.74) is 1.21. The molecule has 22 heavy (non-hydrogen) atoms. The molecule has 0 aromatic carbocycles. The highest BCUT2D eigenvalue weighted by molar-refractivity contribution is 5.96. The van der Waals surface area contributed by atoms with Gasteiger partial charge in [-0.15, -0.1) is 0 Å². The smallest absolute Gasteiger partial charge is 0.259 e. The van der Waals surface area contributed by atoms with Crippen molar-refractivity contribution in [1.82, 2.24) is 20.2 Å². The van der Waals surface area contributed by atoms with Crippen LogP contribution in [0, 0.1) is 13.8 Å². The molecule has 0 saturated carbocycles. The number of hydrogen-bond acceptors (Lipinski definition) is 6. The van der Waals surface area contributed by atoms with Crippen LogP contribution >= 0.6 is 0 Å². The van der Waals surface area contributed by atoms with Crippen LogP contribution in [0.15, 0.2) is 9.05 Å². The third-order valence-corrected chi connectivity index (χ3v) is 4.11. The topological polar surface area (TPSA) is 85.3 Å². The molecule has 0 bridgehead atoms. The van der Waals surface area contributed by atoms with Gasteiger partial charge in [-0.05, 0) is 26.7 Å². The average molecular weight is 304 g/mol. The summed E-state index contributed by atoms with van der Waals surface area (Å²) in [6.45, 7) is 6.87. The molecule has 1 atom stereocenters. The number of nitrogens with zero attached hydrogens (tertiary/aromatic N) is 4. The molecule has 7 heteroatoms. The summed E-state index contributed by atoms with van der Waals surface area (Å²) >= 11 is 0. The van der Waals surface area contributed by atoms with E-state index < -0.39 is 0 Å². The molecule has 0 radical (unpaired) electrons. The van der Waals surface area contributed by atoms with Gasteiger partial charge in [0.25, 0.3) is 5.91 Å². The number of hydrogen-bond donors (Lipinski definition) is 0. The number of amides is 1. The first-order chi connectivity index (χ1) is 10.6. The predicted molar refractivity (Wildman–Crippen MR) is 77.5 cm³/mol. The maximum atomic E-state index is 12.7. The van der Waals surface area contributed by atoms with Gasteiger partial charge in [-0.3, -0.25) is 4.79 Å². The summed E-state index contributed by atoms with van der Waals surface area (Å²) in [5, 5.41) is 7.91. The van der Waals surface area contributed by atoms with E-state index in [4.69, 9.17) is 9.05 Å². The monoisotopic (exact) mass is 304 g/mol. The first-order valence-corrected chi connectivity index (χ1v) is 7.64. The molecule has 2 aromatic heterocycles. The summed E-state index contributed by atoms with van der Waals surface area (Å²) in [6, 6.07) is 0. The fraction of sp³-hybridized carbons (Fsp3) is 0.600. The van der Waals surface area contributed by atoms with Crippen molar-refractivity contribution >= 4 is 5.91 Å². The summed E-state index contributed by atoms with van der Waals surface area (Å²) in [7, 11) is 0. The second-order valence-corrected chi connectivity index (χ2v) is 5.69. The minimum atomic E-state index is -0.0276. The Labute approximate surface area is 128 Å².